The maximum Gasteiger partial charge on any atom is 0.264 e. The number of sulfonamides is 1. The van der Waals surface area contributed by atoms with Crippen LogP contribution in [0.4, 0.5) is 11.4 Å². The lowest BCUT2D eigenvalue weighted by molar-refractivity contribution is 0.102. The molecule has 0 bridgehead atoms. The fourth-order valence-corrected chi connectivity index (χ4v) is 5.04. The van der Waals surface area contributed by atoms with Crippen LogP contribution in [0.15, 0.2) is 65.6 Å². The van der Waals surface area contributed by atoms with Crippen LogP contribution in [0.1, 0.15) is 21.5 Å². The van der Waals surface area contributed by atoms with E-state index in [2.05, 4.69) is 5.32 Å². The lowest BCUT2D eigenvalue weighted by atomic mass is 9.96. The molecule has 0 saturated heterocycles. The van der Waals surface area contributed by atoms with Gasteiger partial charge in [-0.15, -0.1) is 0 Å². The number of anilines is 2. The number of fused-ring (bicyclic) bond motifs is 3. The van der Waals surface area contributed by atoms with Gasteiger partial charge in [-0.2, -0.15) is 0 Å². The summed E-state index contributed by atoms with van der Waals surface area (Å²) in [7, 11) is -2.06. The van der Waals surface area contributed by atoms with Crippen LogP contribution in [0.25, 0.3) is 11.1 Å². The van der Waals surface area contributed by atoms with Crippen molar-refractivity contribution in [3.63, 3.8) is 0 Å². The second-order valence-corrected chi connectivity index (χ2v) is 8.92. The van der Waals surface area contributed by atoms with Gasteiger partial charge in [0.1, 0.15) is 0 Å². The Morgan fingerprint density at radius 1 is 0.929 bits per heavy atom. The van der Waals surface area contributed by atoms with E-state index >= 15 is 0 Å². The molecule has 3 aromatic rings. The van der Waals surface area contributed by atoms with Gasteiger partial charge in [0.25, 0.3) is 15.9 Å². The summed E-state index contributed by atoms with van der Waals surface area (Å²) in [6, 6.07) is 17.9. The molecule has 0 saturated carbocycles. The molecule has 1 heterocycles. The Hall–Kier alpha value is -3.12. The molecule has 5 nitrogen and oxygen atoms in total. The molecule has 0 aliphatic carbocycles. The molecular weight excluding hydrogens is 372 g/mol. The molecule has 4 rings (SSSR count). The van der Waals surface area contributed by atoms with Gasteiger partial charge in [-0.3, -0.25) is 9.10 Å². The van der Waals surface area contributed by atoms with E-state index in [1.807, 2.05) is 38.1 Å². The maximum absolute atomic E-state index is 12.9. The number of hydrogen-bond donors (Lipinski definition) is 1. The third-order valence-electron chi connectivity index (χ3n) is 5.00. The third-order valence-corrected chi connectivity index (χ3v) is 6.82. The van der Waals surface area contributed by atoms with Gasteiger partial charge < -0.3 is 5.32 Å². The standard InChI is InChI=1S/C22H20N2O3S/c1-14-8-10-17(11-9-14)23-22(25)16-12-15(2)21-19(13-16)18-6-4-5-7-20(18)28(26,27)24(21)3/h4-13H,1-3H3,(H,23,25). The fourth-order valence-electron chi connectivity index (χ4n) is 3.56. The first-order chi connectivity index (χ1) is 13.3. The van der Waals surface area contributed by atoms with Gasteiger partial charge >= 0.3 is 0 Å². The van der Waals surface area contributed by atoms with Crippen LogP contribution < -0.4 is 9.62 Å². The summed E-state index contributed by atoms with van der Waals surface area (Å²) < 4.78 is 27.0. The van der Waals surface area contributed by atoms with Crippen molar-refractivity contribution in [3.8, 4) is 11.1 Å². The van der Waals surface area contributed by atoms with Crippen molar-refractivity contribution in [1.29, 1.82) is 0 Å². The summed E-state index contributed by atoms with van der Waals surface area (Å²) in [5, 5.41) is 2.90. The van der Waals surface area contributed by atoms with E-state index in [0.29, 0.717) is 22.5 Å². The van der Waals surface area contributed by atoms with Crippen LogP contribution in [0.2, 0.25) is 0 Å². The molecule has 6 heteroatoms. The zero-order valence-corrected chi connectivity index (χ0v) is 16.7. The highest BCUT2D eigenvalue weighted by molar-refractivity contribution is 7.93. The molecule has 28 heavy (non-hydrogen) atoms. The first kappa shape index (κ1) is 18.3. The Morgan fingerprint density at radius 2 is 1.61 bits per heavy atom. The second-order valence-electron chi connectivity index (χ2n) is 6.98. The minimum absolute atomic E-state index is 0.233. The molecule has 0 aromatic heterocycles. The highest BCUT2D eigenvalue weighted by atomic mass is 32.2. The van der Waals surface area contributed by atoms with E-state index in [1.165, 1.54) is 4.31 Å². The van der Waals surface area contributed by atoms with Crippen molar-refractivity contribution in [2.45, 2.75) is 18.7 Å². The van der Waals surface area contributed by atoms with Crippen LogP contribution in [0.5, 0.6) is 0 Å². The number of carbonyl (C=O) groups excluding carboxylic acids is 1. The number of aryl methyl sites for hydroxylation is 2. The minimum atomic E-state index is -3.61. The average molecular weight is 392 g/mol. The normalized spacial score (nSPS) is 14.2. The smallest absolute Gasteiger partial charge is 0.264 e. The zero-order valence-electron chi connectivity index (χ0n) is 15.9. The van der Waals surface area contributed by atoms with Crippen LogP contribution in [0, 0.1) is 13.8 Å². The number of rotatable bonds is 2. The van der Waals surface area contributed by atoms with Crippen molar-refractivity contribution in [2.24, 2.45) is 0 Å². The second kappa shape index (κ2) is 6.49. The van der Waals surface area contributed by atoms with Crippen LogP contribution in [0.3, 0.4) is 0 Å². The van der Waals surface area contributed by atoms with Crippen molar-refractivity contribution < 1.29 is 13.2 Å². The van der Waals surface area contributed by atoms with Gasteiger partial charge in [-0.25, -0.2) is 8.42 Å². The van der Waals surface area contributed by atoms with E-state index < -0.39 is 10.0 Å². The Bertz CT molecular complexity index is 1200. The molecule has 3 aromatic carbocycles. The molecule has 1 aliphatic rings. The monoisotopic (exact) mass is 392 g/mol. The van der Waals surface area contributed by atoms with E-state index in [-0.39, 0.29) is 10.8 Å². The van der Waals surface area contributed by atoms with Gasteiger partial charge in [-0.1, -0.05) is 35.9 Å². The van der Waals surface area contributed by atoms with Crippen molar-refractivity contribution in [1.82, 2.24) is 0 Å². The van der Waals surface area contributed by atoms with Gasteiger partial charge in [0.2, 0.25) is 0 Å². The number of amides is 1. The summed E-state index contributed by atoms with van der Waals surface area (Å²) in [6.07, 6.45) is 0. The van der Waals surface area contributed by atoms with Crippen LogP contribution in [-0.2, 0) is 10.0 Å². The van der Waals surface area contributed by atoms with E-state index in [1.54, 1.807) is 43.4 Å². The first-order valence-electron chi connectivity index (χ1n) is 8.90. The van der Waals surface area contributed by atoms with Gasteiger partial charge in [-0.05, 0) is 49.7 Å². The number of hydrogen-bond acceptors (Lipinski definition) is 3. The average Bonchev–Trinajstić information content (AvgIpc) is 2.67. The Balaban J connectivity index is 1.82. The van der Waals surface area contributed by atoms with Crippen LogP contribution in [-0.4, -0.2) is 21.4 Å². The topological polar surface area (TPSA) is 66.5 Å². The first-order valence-corrected chi connectivity index (χ1v) is 10.3. The molecule has 0 spiro atoms. The maximum atomic E-state index is 12.9. The van der Waals surface area contributed by atoms with Gasteiger partial charge in [0, 0.05) is 29.4 Å². The molecule has 1 amide bonds. The number of carbonyl (C=O) groups is 1. The molecule has 142 valence electrons. The zero-order chi connectivity index (χ0) is 20.1. The molecule has 0 unspecified atom stereocenters. The quantitative estimate of drug-likeness (QED) is 0.705. The Labute approximate surface area is 164 Å². The molecule has 0 fully saturated rings. The van der Waals surface area contributed by atoms with E-state index in [0.717, 1.165) is 16.7 Å². The van der Waals surface area contributed by atoms with E-state index in [9.17, 15) is 13.2 Å². The largest absolute Gasteiger partial charge is 0.322 e. The van der Waals surface area contributed by atoms with Crippen molar-refractivity contribution in [3.05, 3.63) is 77.4 Å². The molecule has 0 atom stereocenters. The lowest BCUT2D eigenvalue weighted by Crippen LogP contribution is -2.31. The van der Waals surface area contributed by atoms with Crippen molar-refractivity contribution >= 4 is 27.3 Å². The van der Waals surface area contributed by atoms with Crippen molar-refractivity contribution in [2.75, 3.05) is 16.7 Å². The van der Waals surface area contributed by atoms with Gasteiger partial charge in [0.05, 0.1) is 10.6 Å². The number of benzene rings is 3. The van der Waals surface area contributed by atoms with Gasteiger partial charge in [0.15, 0.2) is 0 Å². The predicted molar refractivity (Wildman–Crippen MR) is 111 cm³/mol. The van der Waals surface area contributed by atoms with Crippen LogP contribution >= 0.6 is 0 Å². The SMILES string of the molecule is Cc1ccc(NC(=O)c2cc(C)c3c(c2)-c2ccccc2S(=O)(=O)N3C)cc1. The summed E-state index contributed by atoms with van der Waals surface area (Å²) in [4.78, 5) is 13.1. The molecule has 0 radical (unpaired) electrons. The molecule has 1 aliphatic heterocycles. The summed E-state index contributed by atoms with van der Waals surface area (Å²) in [5.74, 6) is -0.233. The molecular formula is C22H20N2O3S. The lowest BCUT2D eigenvalue weighted by Gasteiger charge is -2.31. The predicted octanol–water partition coefficient (Wildman–Crippen LogP) is 4.36. The Morgan fingerprint density at radius 3 is 2.32 bits per heavy atom. The minimum Gasteiger partial charge on any atom is -0.322 e. The summed E-state index contributed by atoms with van der Waals surface area (Å²) >= 11 is 0. The number of nitrogens with zero attached hydrogens (tertiary/aromatic N) is 1. The Kier molecular flexibility index (Phi) is 4.23. The third kappa shape index (κ3) is 2.86. The van der Waals surface area contributed by atoms with E-state index in [4.69, 9.17) is 0 Å². The summed E-state index contributed by atoms with van der Waals surface area (Å²) in [6.45, 7) is 3.81. The summed E-state index contributed by atoms with van der Waals surface area (Å²) in [5.41, 5.74) is 5.00. The fraction of sp³-hybridized carbons (Fsp3) is 0.136. The number of nitrogens with one attached hydrogen (secondary N) is 1. The highest BCUT2D eigenvalue weighted by Crippen LogP contribution is 2.44. The highest BCUT2D eigenvalue weighted by Gasteiger charge is 2.33. The molecule has 1 N–H and O–H groups in total.